The van der Waals surface area contributed by atoms with Crippen molar-refractivity contribution in [1.82, 2.24) is 4.98 Å². The topological polar surface area (TPSA) is 33.1 Å². The number of aromatic nitrogens is 1. The van der Waals surface area contributed by atoms with Gasteiger partial charge in [0.1, 0.15) is 5.60 Å². The highest BCUT2D eigenvalue weighted by Crippen LogP contribution is 2.46. The van der Waals surface area contributed by atoms with E-state index in [2.05, 4.69) is 20.9 Å². The number of hydrogen-bond acceptors (Lipinski definition) is 2. The van der Waals surface area contributed by atoms with Gasteiger partial charge in [0.15, 0.2) is 0 Å². The van der Waals surface area contributed by atoms with Gasteiger partial charge < -0.3 is 5.11 Å². The molecule has 2 nitrogen and oxygen atoms in total. The van der Waals surface area contributed by atoms with Crippen molar-refractivity contribution in [2.75, 3.05) is 0 Å². The molecule has 1 aromatic heterocycles. The van der Waals surface area contributed by atoms with Crippen LogP contribution in [0.4, 0.5) is 0 Å². The molecule has 0 bridgehead atoms. The van der Waals surface area contributed by atoms with Crippen molar-refractivity contribution < 1.29 is 5.11 Å². The lowest BCUT2D eigenvalue weighted by molar-refractivity contribution is -0.0266. The Kier molecular flexibility index (Phi) is 3.79. The number of halogens is 1. The predicted octanol–water partition coefficient (Wildman–Crippen LogP) is 4.13. The molecular weight excluding hydrogens is 302 g/mol. The van der Waals surface area contributed by atoms with E-state index < -0.39 is 5.60 Å². The van der Waals surface area contributed by atoms with Gasteiger partial charge in [0.05, 0.1) is 0 Å². The van der Waals surface area contributed by atoms with Crippen LogP contribution in [0.25, 0.3) is 0 Å². The highest BCUT2D eigenvalue weighted by molar-refractivity contribution is 9.10. The largest absolute Gasteiger partial charge is 0.380 e. The lowest BCUT2D eigenvalue weighted by Crippen LogP contribution is -2.41. The third-order valence-electron chi connectivity index (χ3n) is 3.44. The fraction of sp³-hybridized carbons (Fsp3) is 0.312. The van der Waals surface area contributed by atoms with Gasteiger partial charge in [-0.2, -0.15) is 0 Å². The van der Waals surface area contributed by atoms with Crippen LogP contribution >= 0.6 is 15.9 Å². The maximum absolute atomic E-state index is 11.4. The van der Waals surface area contributed by atoms with Gasteiger partial charge in [0.25, 0.3) is 0 Å². The summed E-state index contributed by atoms with van der Waals surface area (Å²) >= 11 is 3.50. The van der Waals surface area contributed by atoms with Crippen molar-refractivity contribution in [3.05, 3.63) is 64.4 Å². The molecule has 19 heavy (non-hydrogen) atoms. The summed E-state index contributed by atoms with van der Waals surface area (Å²) in [5, 5.41) is 11.4. The van der Waals surface area contributed by atoms with E-state index >= 15 is 0 Å². The van der Waals surface area contributed by atoms with Crippen LogP contribution < -0.4 is 0 Å². The van der Waals surface area contributed by atoms with E-state index in [4.69, 9.17) is 0 Å². The molecule has 0 spiro atoms. The SMILES string of the molecule is CC(C)(C)C(O)(c1ccccc1)c1ccncc1Br. The van der Waals surface area contributed by atoms with Crippen molar-refractivity contribution in [1.29, 1.82) is 0 Å². The van der Waals surface area contributed by atoms with E-state index in [0.29, 0.717) is 0 Å². The molecule has 2 rings (SSSR count). The zero-order valence-electron chi connectivity index (χ0n) is 11.4. The molecule has 100 valence electrons. The first-order valence-corrected chi connectivity index (χ1v) is 7.04. The van der Waals surface area contributed by atoms with Gasteiger partial charge in [-0.3, -0.25) is 4.98 Å². The van der Waals surface area contributed by atoms with Gasteiger partial charge in [-0.05, 0) is 33.0 Å². The average molecular weight is 320 g/mol. The molecular formula is C16H18BrNO. The van der Waals surface area contributed by atoms with E-state index in [1.165, 1.54) is 0 Å². The fourth-order valence-electron chi connectivity index (χ4n) is 2.34. The van der Waals surface area contributed by atoms with E-state index in [-0.39, 0.29) is 5.41 Å². The highest BCUT2D eigenvalue weighted by Gasteiger charge is 2.44. The number of aliphatic hydroxyl groups is 1. The van der Waals surface area contributed by atoms with E-state index in [0.717, 1.165) is 15.6 Å². The Balaban J connectivity index is 2.71. The fourth-order valence-corrected chi connectivity index (χ4v) is 2.88. The van der Waals surface area contributed by atoms with Gasteiger partial charge in [-0.15, -0.1) is 0 Å². The van der Waals surface area contributed by atoms with Crippen LogP contribution in [0.1, 0.15) is 31.9 Å². The maximum Gasteiger partial charge on any atom is 0.121 e. The molecule has 1 atom stereocenters. The molecule has 0 saturated heterocycles. The van der Waals surface area contributed by atoms with Crippen LogP contribution in [-0.4, -0.2) is 10.1 Å². The molecule has 0 aliphatic carbocycles. The van der Waals surface area contributed by atoms with Gasteiger partial charge in [0.2, 0.25) is 0 Å². The summed E-state index contributed by atoms with van der Waals surface area (Å²) in [6, 6.07) is 11.6. The Morgan fingerprint density at radius 2 is 1.68 bits per heavy atom. The first-order valence-electron chi connectivity index (χ1n) is 6.25. The Bertz CT molecular complexity index is 562. The lowest BCUT2D eigenvalue weighted by Gasteiger charge is -2.41. The summed E-state index contributed by atoms with van der Waals surface area (Å²) in [5.74, 6) is 0. The van der Waals surface area contributed by atoms with Gasteiger partial charge in [0, 0.05) is 22.4 Å². The molecule has 1 N–H and O–H groups in total. The molecule has 3 heteroatoms. The molecule has 0 fully saturated rings. The van der Waals surface area contributed by atoms with Crippen LogP contribution in [0.2, 0.25) is 0 Å². The number of nitrogens with zero attached hydrogens (tertiary/aromatic N) is 1. The number of hydrogen-bond donors (Lipinski definition) is 1. The summed E-state index contributed by atoms with van der Waals surface area (Å²) in [5.41, 5.74) is 0.296. The summed E-state index contributed by atoms with van der Waals surface area (Å²) < 4.78 is 0.816. The van der Waals surface area contributed by atoms with Crippen LogP contribution in [0.15, 0.2) is 53.3 Å². The van der Waals surface area contributed by atoms with Crippen LogP contribution in [0.3, 0.4) is 0 Å². The number of benzene rings is 1. The first kappa shape index (κ1) is 14.2. The van der Waals surface area contributed by atoms with E-state index in [1.807, 2.05) is 57.2 Å². The third-order valence-corrected chi connectivity index (χ3v) is 4.07. The molecule has 0 aliphatic heterocycles. The quantitative estimate of drug-likeness (QED) is 0.903. The maximum atomic E-state index is 11.4. The Hall–Kier alpha value is -1.19. The summed E-state index contributed by atoms with van der Waals surface area (Å²) in [7, 11) is 0. The van der Waals surface area contributed by atoms with Gasteiger partial charge >= 0.3 is 0 Å². The minimum Gasteiger partial charge on any atom is -0.380 e. The lowest BCUT2D eigenvalue weighted by atomic mass is 9.68. The zero-order chi connectivity index (χ0) is 14.1. The second kappa shape index (κ2) is 5.06. The molecule has 1 unspecified atom stereocenters. The summed E-state index contributed by atoms with van der Waals surface area (Å²) in [6.45, 7) is 6.10. The summed E-state index contributed by atoms with van der Waals surface area (Å²) in [6.07, 6.45) is 3.43. The van der Waals surface area contributed by atoms with Crippen LogP contribution in [0, 0.1) is 5.41 Å². The van der Waals surface area contributed by atoms with Crippen molar-refractivity contribution in [3.8, 4) is 0 Å². The smallest absolute Gasteiger partial charge is 0.121 e. The monoisotopic (exact) mass is 319 g/mol. The highest BCUT2D eigenvalue weighted by atomic mass is 79.9. The molecule has 0 amide bonds. The van der Waals surface area contributed by atoms with Crippen molar-refractivity contribution >= 4 is 15.9 Å². The average Bonchev–Trinajstić information content (AvgIpc) is 2.38. The van der Waals surface area contributed by atoms with E-state index in [9.17, 15) is 5.11 Å². The first-order chi connectivity index (χ1) is 8.87. The molecule has 1 heterocycles. The van der Waals surface area contributed by atoms with Crippen LogP contribution in [-0.2, 0) is 5.60 Å². The second-order valence-corrected chi connectivity index (χ2v) is 6.54. The van der Waals surface area contributed by atoms with Gasteiger partial charge in [-0.25, -0.2) is 0 Å². The van der Waals surface area contributed by atoms with E-state index in [1.54, 1.807) is 12.4 Å². The minimum absolute atomic E-state index is 0.349. The van der Waals surface area contributed by atoms with Gasteiger partial charge in [-0.1, -0.05) is 51.1 Å². The van der Waals surface area contributed by atoms with Crippen molar-refractivity contribution in [3.63, 3.8) is 0 Å². The normalized spacial score (nSPS) is 15.0. The third kappa shape index (κ3) is 2.45. The molecule has 1 aromatic carbocycles. The molecule has 0 aliphatic rings. The number of pyridine rings is 1. The molecule has 0 saturated carbocycles. The molecule has 2 aromatic rings. The summed E-state index contributed by atoms with van der Waals surface area (Å²) in [4.78, 5) is 4.08. The second-order valence-electron chi connectivity index (χ2n) is 5.68. The minimum atomic E-state index is -1.07. The zero-order valence-corrected chi connectivity index (χ0v) is 13.0. The standard InChI is InChI=1S/C16H18BrNO/c1-15(2,3)16(19,12-7-5-4-6-8-12)13-9-10-18-11-14(13)17/h4-11,19H,1-3H3. The van der Waals surface area contributed by atoms with Crippen LogP contribution in [0.5, 0.6) is 0 Å². The predicted molar refractivity (Wildman–Crippen MR) is 80.8 cm³/mol. The van der Waals surface area contributed by atoms with Crippen molar-refractivity contribution in [2.45, 2.75) is 26.4 Å². The Morgan fingerprint density at radius 1 is 1.05 bits per heavy atom. The number of rotatable bonds is 2. The Labute approximate surface area is 122 Å². The Morgan fingerprint density at radius 3 is 2.21 bits per heavy atom. The molecule has 0 radical (unpaired) electrons. The van der Waals surface area contributed by atoms with Crippen molar-refractivity contribution in [2.24, 2.45) is 5.41 Å².